The minimum Gasteiger partial charge on any atom is -0.421 e. The number of hydrogen-bond donors (Lipinski definition) is 1. The van der Waals surface area contributed by atoms with Crippen molar-refractivity contribution < 1.29 is 19.2 Å². The quantitative estimate of drug-likeness (QED) is 0.181. The number of nitro groups is 1. The van der Waals surface area contributed by atoms with Gasteiger partial charge in [-0.2, -0.15) is 0 Å². The summed E-state index contributed by atoms with van der Waals surface area (Å²) in [5.41, 5.74) is 1.60. The second-order valence-corrected chi connectivity index (χ2v) is 8.40. The number of para-hydroxylation sites is 2. The van der Waals surface area contributed by atoms with Gasteiger partial charge in [-0.15, -0.1) is 0 Å². The molecule has 0 aliphatic rings. The molecule has 0 fully saturated rings. The molecule has 0 saturated carbocycles. The Morgan fingerprint density at radius 2 is 1.81 bits per heavy atom. The summed E-state index contributed by atoms with van der Waals surface area (Å²) in [6, 6.07) is 16.2. The van der Waals surface area contributed by atoms with Crippen molar-refractivity contribution >= 4 is 55.1 Å². The van der Waals surface area contributed by atoms with Crippen molar-refractivity contribution in [1.82, 2.24) is 0 Å². The first-order valence-corrected chi connectivity index (χ1v) is 10.6. The van der Waals surface area contributed by atoms with Gasteiger partial charge in [-0.05, 0) is 53.2 Å². The molecule has 3 aromatic rings. The van der Waals surface area contributed by atoms with E-state index in [0.29, 0.717) is 20.1 Å². The van der Waals surface area contributed by atoms with E-state index in [1.54, 1.807) is 36.4 Å². The zero-order chi connectivity index (χ0) is 22.5. The summed E-state index contributed by atoms with van der Waals surface area (Å²) in [5, 5.41) is 13.7. The van der Waals surface area contributed by atoms with E-state index in [-0.39, 0.29) is 23.5 Å². The van der Waals surface area contributed by atoms with Crippen molar-refractivity contribution in [2.45, 2.75) is 13.3 Å². The van der Waals surface area contributed by atoms with Gasteiger partial charge >= 0.3 is 5.97 Å². The number of rotatable bonds is 6. The molecule has 0 bridgehead atoms. The molecular weight excluding hydrogens is 532 g/mol. The van der Waals surface area contributed by atoms with Crippen LogP contribution in [0.3, 0.4) is 0 Å². The third-order valence-corrected chi connectivity index (χ3v) is 5.31. The maximum absolute atomic E-state index is 12.6. The number of amides is 1. The number of nitrogens with one attached hydrogen (secondary N) is 1. The van der Waals surface area contributed by atoms with Gasteiger partial charge in [-0.1, -0.05) is 45.8 Å². The highest BCUT2D eigenvalue weighted by Gasteiger charge is 2.20. The molecule has 31 heavy (non-hydrogen) atoms. The first kappa shape index (κ1) is 22.6. The number of hydrogen-bond acceptors (Lipinski definition) is 5. The fraction of sp³-hybridized carbons (Fsp3) is 0.0909. The smallest absolute Gasteiger partial charge is 0.343 e. The number of ether oxygens (including phenoxy) is 1. The molecular formula is C22H16Br2N2O5. The van der Waals surface area contributed by atoms with Crippen LogP contribution in [0.1, 0.15) is 21.5 Å². The van der Waals surface area contributed by atoms with Crippen LogP contribution in [0, 0.1) is 17.0 Å². The predicted molar refractivity (Wildman–Crippen MR) is 123 cm³/mol. The second-order valence-electron chi connectivity index (χ2n) is 6.63. The van der Waals surface area contributed by atoms with Crippen molar-refractivity contribution in [1.29, 1.82) is 0 Å². The SMILES string of the molecule is Cc1cccc(C(=O)Oc2c(Br)cc(Br)cc2CC(=O)Nc2ccccc2[N+](=O)[O-])c1. The minimum atomic E-state index is -0.569. The molecule has 0 heterocycles. The number of nitrogens with zero attached hydrogens (tertiary/aromatic N) is 1. The number of esters is 1. The van der Waals surface area contributed by atoms with Gasteiger partial charge in [0.2, 0.25) is 5.91 Å². The van der Waals surface area contributed by atoms with Crippen LogP contribution < -0.4 is 10.1 Å². The zero-order valence-electron chi connectivity index (χ0n) is 16.2. The number of nitro benzene ring substituents is 1. The first-order chi connectivity index (χ1) is 14.7. The zero-order valence-corrected chi connectivity index (χ0v) is 19.4. The summed E-state index contributed by atoms with van der Waals surface area (Å²) in [5.74, 6) is -0.855. The lowest BCUT2D eigenvalue weighted by Crippen LogP contribution is -2.17. The molecule has 0 unspecified atom stereocenters. The van der Waals surface area contributed by atoms with Gasteiger partial charge in [0.25, 0.3) is 5.69 Å². The Kier molecular flexibility index (Phi) is 7.19. The van der Waals surface area contributed by atoms with Gasteiger partial charge < -0.3 is 10.1 Å². The second kappa shape index (κ2) is 9.84. The molecule has 9 heteroatoms. The van der Waals surface area contributed by atoms with Gasteiger partial charge in [0.05, 0.1) is 21.4 Å². The van der Waals surface area contributed by atoms with Gasteiger partial charge in [0.15, 0.2) is 0 Å². The highest BCUT2D eigenvalue weighted by molar-refractivity contribution is 9.11. The average molecular weight is 548 g/mol. The fourth-order valence-corrected chi connectivity index (χ4v) is 4.28. The summed E-state index contributed by atoms with van der Waals surface area (Å²) >= 11 is 6.74. The molecule has 0 atom stereocenters. The molecule has 0 spiro atoms. The van der Waals surface area contributed by atoms with Gasteiger partial charge in [0.1, 0.15) is 11.4 Å². The highest BCUT2D eigenvalue weighted by Crippen LogP contribution is 2.34. The molecule has 0 aliphatic heterocycles. The maximum Gasteiger partial charge on any atom is 0.343 e. The van der Waals surface area contributed by atoms with Crippen LogP contribution in [0.5, 0.6) is 5.75 Å². The van der Waals surface area contributed by atoms with Crippen molar-refractivity contribution in [3.63, 3.8) is 0 Å². The van der Waals surface area contributed by atoms with E-state index in [0.717, 1.165) is 5.56 Å². The van der Waals surface area contributed by atoms with Crippen molar-refractivity contribution in [3.05, 3.63) is 96.4 Å². The highest BCUT2D eigenvalue weighted by atomic mass is 79.9. The van der Waals surface area contributed by atoms with Crippen LogP contribution >= 0.6 is 31.9 Å². The third kappa shape index (κ3) is 5.77. The van der Waals surface area contributed by atoms with E-state index >= 15 is 0 Å². The van der Waals surface area contributed by atoms with E-state index in [4.69, 9.17) is 4.74 Å². The molecule has 0 saturated heterocycles. The third-order valence-electron chi connectivity index (χ3n) is 4.26. The topological polar surface area (TPSA) is 98.5 Å². The standard InChI is InChI=1S/C22H16Br2N2O5/c1-13-5-4-6-14(9-13)22(28)31-21-15(10-16(23)12-17(21)24)11-20(27)25-18-7-2-3-8-19(18)26(29)30/h2-10,12H,11H2,1H3,(H,25,27). The summed E-state index contributed by atoms with van der Waals surface area (Å²) in [6.45, 7) is 1.87. The Hall–Kier alpha value is -3.04. The van der Waals surface area contributed by atoms with E-state index in [1.165, 1.54) is 18.2 Å². The monoisotopic (exact) mass is 546 g/mol. The summed E-state index contributed by atoms with van der Waals surface area (Å²) in [4.78, 5) is 35.8. The van der Waals surface area contributed by atoms with Crippen molar-refractivity contribution in [2.75, 3.05) is 5.32 Å². The molecule has 158 valence electrons. The van der Waals surface area contributed by atoms with E-state index < -0.39 is 16.8 Å². The van der Waals surface area contributed by atoms with Crippen LogP contribution in [0.2, 0.25) is 0 Å². The molecule has 7 nitrogen and oxygen atoms in total. The van der Waals surface area contributed by atoms with Gasteiger partial charge in [-0.25, -0.2) is 4.79 Å². The number of carbonyl (C=O) groups excluding carboxylic acids is 2. The maximum atomic E-state index is 12.6. The van der Waals surface area contributed by atoms with E-state index in [9.17, 15) is 19.7 Å². The van der Waals surface area contributed by atoms with Crippen LogP contribution in [0.15, 0.2) is 69.6 Å². The van der Waals surface area contributed by atoms with Crippen molar-refractivity contribution in [2.24, 2.45) is 0 Å². The molecule has 3 aromatic carbocycles. The molecule has 0 aliphatic carbocycles. The Morgan fingerprint density at radius 1 is 1.06 bits per heavy atom. The molecule has 1 amide bonds. The van der Waals surface area contributed by atoms with E-state index in [2.05, 4.69) is 37.2 Å². The molecule has 0 aromatic heterocycles. The number of halogens is 2. The Labute approximate surface area is 194 Å². The number of anilines is 1. The minimum absolute atomic E-state index is 0.0878. The van der Waals surface area contributed by atoms with Gasteiger partial charge in [0, 0.05) is 16.1 Å². The Bertz CT molecular complexity index is 1180. The van der Waals surface area contributed by atoms with Crippen molar-refractivity contribution in [3.8, 4) is 5.75 Å². The average Bonchev–Trinajstić information content (AvgIpc) is 2.70. The fourth-order valence-electron chi connectivity index (χ4n) is 2.89. The summed E-state index contributed by atoms with van der Waals surface area (Å²) in [7, 11) is 0. The van der Waals surface area contributed by atoms with Crippen LogP contribution in [-0.2, 0) is 11.2 Å². The van der Waals surface area contributed by atoms with E-state index in [1.807, 2.05) is 13.0 Å². The largest absolute Gasteiger partial charge is 0.421 e. The predicted octanol–water partition coefficient (Wildman–Crippen LogP) is 5.83. The molecule has 3 rings (SSSR count). The lowest BCUT2D eigenvalue weighted by molar-refractivity contribution is -0.383. The Morgan fingerprint density at radius 3 is 2.52 bits per heavy atom. The first-order valence-electron chi connectivity index (χ1n) is 9.04. The van der Waals surface area contributed by atoms with Crippen LogP contribution in [-0.4, -0.2) is 16.8 Å². The molecule has 0 radical (unpaired) electrons. The lowest BCUT2D eigenvalue weighted by atomic mass is 10.1. The van der Waals surface area contributed by atoms with Crippen LogP contribution in [0.25, 0.3) is 0 Å². The number of aryl methyl sites for hydroxylation is 1. The van der Waals surface area contributed by atoms with Gasteiger partial charge in [-0.3, -0.25) is 14.9 Å². The lowest BCUT2D eigenvalue weighted by Gasteiger charge is -2.13. The normalized spacial score (nSPS) is 10.4. The molecule has 1 N–H and O–H groups in total. The Balaban J connectivity index is 1.85. The van der Waals surface area contributed by atoms with Crippen LogP contribution in [0.4, 0.5) is 11.4 Å². The summed E-state index contributed by atoms with van der Waals surface area (Å²) < 4.78 is 6.74. The summed E-state index contributed by atoms with van der Waals surface area (Å²) in [6.07, 6.45) is -0.166. The number of benzene rings is 3. The number of carbonyl (C=O) groups is 2.